The summed E-state index contributed by atoms with van der Waals surface area (Å²) in [4.78, 5) is 16.1. The summed E-state index contributed by atoms with van der Waals surface area (Å²) in [6.07, 6.45) is 1.66. The average Bonchev–Trinajstić information content (AvgIpc) is 2.32. The lowest BCUT2D eigenvalue weighted by molar-refractivity contribution is 0.102. The van der Waals surface area contributed by atoms with E-state index in [4.69, 9.17) is 23.2 Å². The Kier molecular flexibility index (Phi) is 4.42. The monoisotopic (exact) mass is 392 g/mol. The molecule has 0 unspecified atom stereocenters. The molecule has 0 bridgehead atoms. The van der Waals surface area contributed by atoms with Crippen LogP contribution in [-0.2, 0) is 0 Å². The molecule has 1 N–H and O–H groups in total. The van der Waals surface area contributed by atoms with E-state index in [-0.39, 0.29) is 11.5 Å². The third-order valence-corrected chi connectivity index (χ3v) is 3.43. The van der Waals surface area contributed by atoms with E-state index in [1.165, 1.54) is 0 Å². The highest BCUT2D eigenvalue weighted by Crippen LogP contribution is 2.25. The Labute approximate surface area is 128 Å². The van der Waals surface area contributed by atoms with Crippen LogP contribution in [0.3, 0.4) is 0 Å². The van der Waals surface area contributed by atoms with E-state index in [1.807, 2.05) is 6.07 Å². The minimum Gasteiger partial charge on any atom is -0.306 e. The second-order valence-corrected chi connectivity index (χ2v) is 5.47. The highest BCUT2D eigenvalue weighted by molar-refractivity contribution is 14.1. The zero-order valence-corrected chi connectivity index (χ0v) is 12.6. The van der Waals surface area contributed by atoms with E-state index in [1.54, 1.807) is 30.5 Å². The summed E-state index contributed by atoms with van der Waals surface area (Å²) in [5.41, 5.74) is 0.251. The molecule has 0 spiro atoms. The van der Waals surface area contributed by atoms with Gasteiger partial charge in [0.15, 0.2) is 0 Å². The van der Waals surface area contributed by atoms with Crippen LogP contribution in [0.15, 0.2) is 36.5 Å². The number of carbonyl (C=O) groups excluding carboxylic acids is 1. The average molecular weight is 393 g/mol. The second-order valence-electron chi connectivity index (χ2n) is 3.41. The molecule has 0 aliphatic heterocycles. The van der Waals surface area contributed by atoms with Crippen LogP contribution in [0.2, 0.25) is 10.0 Å². The molecule has 0 atom stereocenters. The van der Waals surface area contributed by atoms with E-state index in [9.17, 15) is 4.79 Å². The number of hydrogen-bond acceptors (Lipinski definition) is 2. The number of aromatic nitrogens is 1. The van der Waals surface area contributed by atoms with Gasteiger partial charge in [-0.2, -0.15) is 0 Å². The van der Waals surface area contributed by atoms with Crippen molar-refractivity contribution in [2.24, 2.45) is 0 Å². The number of rotatable bonds is 2. The maximum Gasteiger partial charge on any atom is 0.259 e. The fraction of sp³-hybridized carbons (Fsp3) is 0. The van der Waals surface area contributed by atoms with E-state index < -0.39 is 0 Å². The van der Waals surface area contributed by atoms with Gasteiger partial charge in [0.25, 0.3) is 5.91 Å². The predicted octanol–water partition coefficient (Wildman–Crippen LogP) is 4.25. The Morgan fingerprint density at radius 2 is 1.83 bits per heavy atom. The molecule has 0 radical (unpaired) electrons. The summed E-state index contributed by atoms with van der Waals surface area (Å²) in [6.45, 7) is 0. The fourth-order valence-electron chi connectivity index (χ4n) is 1.34. The molecule has 0 fully saturated rings. The van der Waals surface area contributed by atoms with Gasteiger partial charge in [-0.05, 0) is 46.9 Å². The number of hydrogen-bond donors (Lipinski definition) is 1. The number of nitrogens with one attached hydrogen (secondary N) is 1. The molecule has 1 amide bonds. The Morgan fingerprint density at radius 3 is 2.39 bits per heavy atom. The van der Waals surface area contributed by atoms with Crippen molar-refractivity contribution in [3.8, 4) is 0 Å². The zero-order valence-electron chi connectivity index (χ0n) is 8.95. The van der Waals surface area contributed by atoms with Crippen molar-refractivity contribution in [3.63, 3.8) is 0 Å². The Bertz CT molecular complexity index is 567. The molecule has 0 saturated carbocycles. The molecule has 0 aliphatic rings. The van der Waals surface area contributed by atoms with Crippen LogP contribution in [0, 0.1) is 3.57 Å². The summed E-state index contributed by atoms with van der Waals surface area (Å²) < 4.78 is 0.987. The number of pyridine rings is 1. The van der Waals surface area contributed by atoms with Gasteiger partial charge in [-0.15, -0.1) is 0 Å². The third kappa shape index (κ3) is 3.13. The quantitative estimate of drug-likeness (QED) is 0.776. The van der Waals surface area contributed by atoms with E-state index in [0.717, 1.165) is 3.57 Å². The number of nitrogens with zero attached hydrogens (tertiary/aromatic N) is 1. The summed E-state index contributed by atoms with van der Waals surface area (Å²) in [5.74, 6) is 0.0794. The van der Waals surface area contributed by atoms with Crippen LogP contribution in [-0.4, -0.2) is 10.9 Å². The van der Waals surface area contributed by atoms with Gasteiger partial charge in [-0.3, -0.25) is 4.79 Å². The number of amides is 1. The number of carbonyl (C=O) groups is 1. The molecular weight excluding hydrogens is 386 g/mol. The van der Waals surface area contributed by atoms with Crippen LogP contribution in [0.1, 0.15) is 10.4 Å². The molecule has 92 valence electrons. The van der Waals surface area contributed by atoms with Crippen molar-refractivity contribution in [3.05, 3.63) is 55.7 Å². The smallest absolute Gasteiger partial charge is 0.259 e. The molecule has 2 aromatic rings. The van der Waals surface area contributed by atoms with Crippen LogP contribution in [0.4, 0.5) is 5.82 Å². The van der Waals surface area contributed by atoms with Gasteiger partial charge in [0.05, 0.1) is 15.6 Å². The van der Waals surface area contributed by atoms with Crippen LogP contribution in [0.5, 0.6) is 0 Å². The predicted molar refractivity (Wildman–Crippen MR) is 81.4 cm³/mol. The van der Waals surface area contributed by atoms with E-state index in [2.05, 4.69) is 32.9 Å². The van der Waals surface area contributed by atoms with Crippen LogP contribution < -0.4 is 5.32 Å². The summed E-state index contributed by atoms with van der Waals surface area (Å²) in [5, 5.41) is 3.27. The Morgan fingerprint density at radius 1 is 1.17 bits per heavy atom. The lowest BCUT2D eigenvalue weighted by Crippen LogP contribution is -2.14. The van der Waals surface area contributed by atoms with E-state index in [0.29, 0.717) is 15.9 Å². The number of anilines is 1. The van der Waals surface area contributed by atoms with Gasteiger partial charge in [0, 0.05) is 9.77 Å². The SMILES string of the molecule is O=C(Nc1ccc(I)cn1)c1c(Cl)cccc1Cl. The molecule has 1 aromatic heterocycles. The second kappa shape index (κ2) is 5.86. The first kappa shape index (κ1) is 13.6. The number of benzene rings is 1. The first-order valence-electron chi connectivity index (χ1n) is 4.95. The first-order valence-corrected chi connectivity index (χ1v) is 6.78. The summed E-state index contributed by atoms with van der Waals surface area (Å²) in [6, 6.07) is 8.47. The largest absolute Gasteiger partial charge is 0.306 e. The molecule has 2 rings (SSSR count). The molecule has 0 aliphatic carbocycles. The highest BCUT2D eigenvalue weighted by atomic mass is 127. The van der Waals surface area contributed by atoms with Crippen LogP contribution in [0.25, 0.3) is 0 Å². The van der Waals surface area contributed by atoms with Gasteiger partial charge >= 0.3 is 0 Å². The molecule has 18 heavy (non-hydrogen) atoms. The maximum atomic E-state index is 12.0. The van der Waals surface area contributed by atoms with Crippen molar-refractivity contribution >= 4 is 57.5 Å². The van der Waals surface area contributed by atoms with Crippen molar-refractivity contribution in [1.29, 1.82) is 0 Å². The van der Waals surface area contributed by atoms with Gasteiger partial charge in [-0.25, -0.2) is 4.98 Å². The maximum absolute atomic E-state index is 12.0. The van der Waals surface area contributed by atoms with Gasteiger partial charge in [-0.1, -0.05) is 29.3 Å². The molecule has 1 heterocycles. The number of halogens is 3. The fourth-order valence-corrected chi connectivity index (χ4v) is 2.23. The van der Waals surface area contributed by atoms with Crippen molar-refractivity contribution in [2.75, 3.05) is 5.32 Å². The molecule has 1 aromatic carbocycles. The first-order chi connectivity index (χ1) is 8.58. The normalized spacial score (nSPS) is 10.2. The standard InChI is InChI=1S/C12H7Cl2IN2O/c13-8-2-1-3-9(14)11(8)12(18)17-10-5-4-7(15)6-16-10/h1-6H,(H,16,17,18). The Hall–Kier alpha value is -0.850. The topological polar surface area (TPSA) is 42.0 Å². The lowest BCUT2D eigenvalue weighted by atomic mass is 10.2. The Balaban J connectivity index is 2.25. The zero-order chi connectivity index (χ0) is 13.1. The van der Waals surface area contributed by atoms with Crippen molar-refractivity contribution in [2.45, 2.75) is 0 Å². The third-order valence-electron chi connectivity index (χ3n) is 2.16. The van der Waals surface area contributed by atoms with Gasteiger partial charge < -0.3 is 5.32 Å². The lowest BCUT2D eigenvalue weighted by Gasteiger charge is -2.07. The van der Waals surface area contributed by atoms with E-state index >= 15 is 0 Å². The molecule has 3 nitrogen and oxygen atoms in total. The van der Waals surface area contributed by atoms with Gasteiger partial charge in [0.1, 0.15) is 5.82 Å². The van der Waals surface area contributed by atoms with Crippen LogP contribution >= 0.6 is 45.8 Å². The summed E-state index contributed by atoms with van der Waals surface area (Å²) in [7, 11) is 0. The van der Waals surface area contributed by atoms with Crippen molar-refractivity contribution in [1.82, 2.24) is 4.98 Å². The molecular formula is C12H7Cl2IN2O. The molecule has 0 saturated heterocycles. The van der Waals surface area contributed by atoms with Crippen molar-refractivity contribution < 1.29 is 4.79 Å². The minimum absolute atomic E-state index is 0.251. The molecule has 6 heteroatoms. The minimum atomic E-state index is -0.376. The highest BCUT2D eigenvalue weighted by Gasteiger charge is 2.14. The summed E-state index contributed by atoms with van der Waals surface area (Å²) >= 11 is 14.0. The van der Waals surface area contributed by atoms with Gasteiger partial charge in [0.2, 0.25) is 0 Å².